The van der Waals surface area contributed by atoms with Crippen LogP contribution in [0.15, 0.2) is 42.2 Å². The lowest BCUT2D eigenvalue weighted by atomic mass is 10.0. The van der Waals surface area contributed by atoms with Gasteiger partial charge < -0.3 is 19.1 Å². The smallest absolute Gasteiger partial charge is 0.417 e. The van der Waals surface area contributed by atoms with Gasteiger partial charge in [-0.2, -0.15) is 13.2 Å². The first kappa shape index (κ1) is 25.9. The average Bonchev–Trinajstić information content (AvgIpc) is 3.62. The second-order valence-corrected chi connectivity index (χ2v) is 10.5. The van der Waals surface area contributed by atoms with Crippen molar-refractivity contribution in [1.82, 2.24) is 19.3 Å². The SMILES string of the molecule is O=C(c1cn2ccsc2n1)N1CCOc2c(cc(-c3ncc(C(F)(F)F)cc3Cl)cc2OCC2CCCO2)C1. The van der Waals surface area contributed by atoms with Gasteiger partial charge in [0, 0.05) is 48.2 Å². The van der Waals surface area contributed by atoms with Crippen LogP contribution in [0.25, 0.3) is 16.2 Å². The Hall–Kier alpha value is -3.35. The molecule has 0 saturated carbocycles. The molecule has 6 rings (SSSR count). The first-order valence-corrected chi connectivity index (χ1v) is 13.5. The Labute approximate surface area is 229 Å². The third-order valence-corrected chi connectivity index (χ3v) is 7.65. The summed E-state index contributed by atoms with van der Waals surface area (Å²) in [5, 5.41) is 1.72. The summed E-state index contributed by atoms with van der Waals surface area (Å²) in [6.45, 7) is 1.63. The number of carbonyl (C=O) groups is 1. The highest BCUT2D eigenvalue weighted by Gasteiger charge is 2.32. The maximum absolute atomic E-state index is 13.4. The molecule has 2 aliphatic rings. The van der Waals surface area contributed by atoms with Crippen LogP contribution in [0.5, 0.6) is 11.5 Å². The first-order chi connectivity index (χ1) is 18.8. The molecule has 1 saturated heterocycles. The molecule has 1 atom stereocenters. The summed E-state index contributed by atoms with van der Waals surface area (Å²) in [6, 6.07) is 4.21. The van der Waals surface area contributed by atoms with E-state index in [4.69, 9.17) is 25.8 Å². The van der Waals surface area contributed by atoms with Gasteiger partial charge in [0.1, 0.15) is 18.9 Å². The number of nitrogens with zero attached hydrogens (tertiary/aromatic N) is 4. The van der Waals surface area contributed by atoms with Crippen LogP contribution in [0.4, 0.5) is 13.2 Å². The lowest BCUT2D eigenvalue weighted by Gasteiger charge is -2.20. The molecule has 0 aliphatic carbocycles. The summed E-state index contributed by atoms with van der Waals surface area (Å²) in [4.78, 5) is 24.1. The van der Waals surface area contributed by atoms with E-state index in [9.17, 15) is 18.0 Å². The fourth-order valence-electron chi connectivity index (χ4n) is 4.66. The zero-order valence-electron chi connectivity index (χ0n) is 20.4. The Morgan fingerprint density at radius 2 is 2.13 bits per heavy atom. The third kappa shape index (κ3) is 5.28. The molecular formula is C26H22ClF3N4O4S. The van der Waals surface area contributed by atoms with Gasteiger partial charge >= 0.3 is 6.18 Å². The molecule has 1 unspecified atom stereocenters. The molecule has 39 heavy (non-hydrogen) atoms. The predicted molar refractivity (Wildman–Crippen MR) is 137 cm³/mol. The van der Waals surface area contributed by atoms with Crippen LogP contribution in [-0.4, -0.2) is 57.6 Å². The number of rotatable bonds is 5. The molecule has 13 heteroatoms. The second kappa shape index (κ2) is 10.3. The van der Waals surface area contributed by atoms with Crippen LogP contribution < -0.4 is 9.47 Å². The standard InChI is InChI=1S/C26H22ClF3N4O4S/c27-19-10-17(26(28,29)30)11-31-22(19)15-8-16-12-33(24(35)20-13-34-4-7-39-25(34)32-20)3-6-37-23(16)21(9-15)38-14-18-2-1-5-36-18/h4,7-11,13,18H,1-3,5-6,12,14H2. The summed E-state index contributed by atoms with van der Waals surface area (Å²) in [5.41, 5.74) is 0.574. The summed E-state index contributed by atoms with van der Waals surface area (Å²) in [7, 11) is 0. The molecule has 0 bridgehead atoms. The van der Waals surface area contributed by atoms with Crippen molar-refractivity contribution in [2.75, 3.05) is 26.4 Å². The maximum Gasteiger partial charge on any atom is 0.417 e. The number of alkyl halides is 3. The lowest BCUT2D eigenvalue weighted by Crippen LogP contribution is -2.32. The van der Waals surface area contributed by atoms with Crippen LogP contribution in [0, 0.1) is 0 Å². The second-order valence-electron chi connectivity index (χ2n) is 9.26. The highest BCUT2D eigenvalue weighted by atomic mass is 35.5. The molecule has 4 aromatic rings. The highest BCUT2D eigenvalue weighted by molar-refractivity contribution is 7.15. The van der Waals surface area contributed by atoms with E-state index in [0.717, 1.165) is 25.1 Å². The van der Waals surface area contributed by atoms with Crippen LogP contribution in [0.3, 0.4) is 0 Å². The lowest BCUT2D eigenvalue weighted by molar-refractivity contribution is -0.137. The van der Waals surface area contributed by atoms with E-state index in [1.54, 1.807) is 27.6 Å². The van der Waals surface area contributed by atoms with Crippen molar-refractivity contribution in [3.63, 3.8) is 0 Å². The number of aromatic nitrogens is 3. The number of halogens is 4. The van der Waals surface area contributed by atoms with Crippen molar-refractivity contribution in [3.8, 4) is 22.8 Å². The molecule has 0 radical (unpaired) electrons. The number of pyridine rings is 1. The van der Waals surface area contributed by atoms with Crippen molar-refractivity contribution in [3.05, 3.63) is 64.0 Å². The van der Waals surface area contributed by atoms with Crippen LogP contribution in [0.1, 0.15) is 34.5 Å². The average molecular weight is 579 g/mol. The number of ether oxygens (including phenoxy) is 3. The van der Waals surface area contributed by atoms with Gasteiger partial charge in [-0.25, -0.2) is 4.98 Å². The Bertz CT molecular complexity index is 1500. The zero-order chi connectivity index (χ0) is 27.1. The minimum atomic E-state index is -4.57. The summed E-state index contributed by atoms with van der Waals surface area (Å²) >= 11 is 7.70. The highest BCUT2D eigenvalue weighted by Crippen LogP contribution is 2.41. The summed E-state index contributed by atoms with van der Waals surface area (Å²) in [6.07, 6.45) is 1.41. The topological polar surface area (TPSA) is 78.2 Å². The number of thiazole rings is 1. The molecule has 1 fully saturated rings. The molecule has 0 N–H and O–H groups in total. The number of imidazole rings is 1. The van der Waals surface area contributed by atoms with Gasteiger partial charge in [0.05, 0.1) is 28.9 Å². The number of amides is 1. The van der Waals surface area contributed by atoms with E-state index in [1.165, 1.54) is 11.3 Å². The summed E-state index contributed by atoms with van der Waals surface area (Å²) < 4.78 is 59.2. The normalized spacial score (nSPS) is 17.6. The van der Waals surface area contributed by atoms with Crippen molar-refractivity contribution >= 4 is 33.8 Å². The van der Waals surface area contributed by atoms with Gasteiger partial charge in [0.2, 0.25) is 0 Å². The van der Waals surface area contributed by atoms with E-state index in [0.29, 0.717) is 46.4 Å². The van der Waals surface area contributed by atoms with Gasteiger partial charge in [-0.1, -0.05) is 11.6 Å². The van der Waals surface area contributed by atoms with Gasteiger partial charge in [-0.05, 0) is 31.0 Å². The minimum Gasteiger partial charge on any atom is -0.487 e. The van der Waals surface area contributed by atoms with E-state index in [1.807, 2.05) is 11.6 Å². The van der Waals surface area contributed by atoms with E-state index in [-0.39, 0.29) is 42.5 Å². The first-order valence-electron chi connectivity index (χ1n) is 12.2. The molecule has 3 aromatic heterocycles. The Balaban J connectivity index is 1.36. The van der Waals surface area contributed by atoms with Gasteiger partial charge in [-0.15, -0.1) is 11.3 Å². The Kier molecular flexibility index (Phi) is 6.86. The largest absolute Gasteiger partial charge is 0.487 e. The zero-order valence-corrected chi connectivity index (χ0v) is 22.0. The van der Waals surface area contributed by atoms with Crippen molar-refractivity contribution in [1.29, 1.82) is 0 Å². The fraction of sp³-hybridized carbons (Fsp3) is 0.346. The fourth-order valence-corrected chi connectivity index (χ4v) is 5.63. The van der Waals surface area contributed by atoms with Gasteiger partial charge in [0.15, 0.2) is 16.5 Å². The quantitative estimate of drug-likeness (QED) is 0.301. The number of hydrogen-bond acceptors (Lipinski definition) is 7. The Morgan fingerprint density at radius 1 is 1.26 bits per heavy atom. The molecule has 2 aliphatic heterocycles. The van der Waals surface area contributed by atoms with Crippen LogP contribution >= 0.6 is 22.9 Å². The number of benzene rings is 1. The third-order valence-electron chi connectivity index (χ3n) is 6.59. The molecule has 5 heterocycles. The van der Waals surface area contributed by atoms with E-state index >= 15 is 0 Å². The number of fused-ring (bicyclic) bond motifs is 2. The van der Waals surface area contributed by atoms with Gasteiger partial charge in [0.25, 0.3) is 5.91 Å². The summed E-state index contributed by atoms with van der Waals surface area (Å²) in [5.74, 6) is 0.578. The van der Waals surface area contributed by atoms with Crippen molar-refractivity contribution in [2.45, 2.75) is 31.7 Å². The molecule has 1 amide bonds. The van der Waals surface area contributed by atoms with Crippen LogP contribution in [-0.2, 0) is 17.5 Å². The van der Waals surface area contributed by atoms with Crippen molar-refractivity contribution in [2.24, 2.45) is 0 Å². The Morgan fingerprint density at radius 3 is 2.87 bits per heavy atom. The van der Waals surface area contributed by atoms with Crippen LogP contribution in [0.2, 0.25) is 5.02 Å². The molecule has 0 spiro atoms. The molecular weight excluding hydrogens is 557 g/mol. The monoisotopic (exact) mass is 578 g/mol. The maximum atomic E-state index is 13.4. The molecule has 1 aromatic carbocycles. The van der Waals surface area contributed by atoms with E-state index in [2.05, 4.69) is 9.97 Å². The molecule has 204 valence electrons. The predicted octanol–water partition coefficient (Wildman–Crippen LogP) is 5.72. The van der Waals surface area contributed by atoms with E-state index < -0.39 is 11.7 Å². The van der Waals surface area contributed by atoms with Crippen molar-refractivity contribution < 1.29 is 32.2 Å². The minimum absolute atomic E-state index is 0.0734. The number of hydrogen-bond donors (Lipinski definition) is 0. The molecule has 8 nitrogen and oxygen atoms in total. The van der Waals surface area contributed by atoms with Gasteiger partial charge in [-0.3, -0.25) is 14.2 Å². The number of carbonyl (C=O) groups excluding carboxylic acids is 1.